The van der Waals surface area contributed by atoms with E-state index >= 15 is 0 Å². The highest BCUT2D eigenvalue weighted by Crippen LogP contribution is 2.49. The van der Waals surface area contributed by atoms with E-state index in [1.54, 1.807) is 0 Å². The third kappa shape index (κ3) is 4.11. The zero-order valence-corrected chi connectivity index (χ0v) is 22.9. The highest BCUT2D eigenvalue weighted by atomic mass is 15.0. The monoisotopic (exact) mass is 515 g/mol. The molecular formula is C37H29N3. The number of aromatic nitrogens is 3. The summed E-state index contributed by atoms with van der Waals surface area (Å²) in [4.78, 5) is 14.8. The number of hydrogen-bond acceptors (Lipinski definition) is 3. The quantitative estimate of drug-likeness (QED) is 0.235. The lowest BCUT2D eigenvalue weighted by molar-refractivity contribution is 0.660. The summed E-state index contributed by atoms with van der Waals surface area (Å²) < 4.78 is 0. The molecule has 192 valence electrons. The first kappa shape index (κ1) is 24.2. The lowest BCUT2D eigenvalue weighted by Gasteiger charge is -2.22. The van der Waals surface area contributed by atoms with Crippen LogP contribution in [0.4, 0.5) is 0 Å². The van der Waals surface area contributed by atoms with E-state index in [9.17, 15) is 0 Å². The van der Waals surface area contributed by atoms with Crippen molar-refractivity contribution in [3.05, 3.63) is 138 Å². The molecule has 3 heteroatoms. The summed E-state index contributed by atoms with van der Waals surface area (Å²) in [5, 5.41) is 0. The average Bonchev–Trinajstić information content (AvgIpc) is 3.23. The van der Waals surface area contributed by atoms with Gasteiger partial charge in [-0.05, 0) is 64.1 Å². The largest absolute Gasteiger partial charge is 0.208 e. The fourth-order valence-electron chi connectivity index (χ4n) is 5.90. The second kappa shape index (κ2) is 9.39. The Morgan fingerprint density at radius 1 is 0.425 bits per heavy atom. The molecule has 0 N–H and O–H groups in total. The van der Waals surface area contributed by atoms with E-state index in [4.69, 9.17) is 15.0 Å². The van der Waals surface area contributed by atoms with Gasteiger partial charge in [0.05, 0.1) is 0 Å². The molecule has 0 radical (unpaired) electrons. The first-order chi connectivity index (χ1) is 19.5. The zero-order chi connectivity index (χ0) is 27.3. The SMILES string of the molecule is Cc1cc(-c2ccc3c(c2)C(C)(C)c2ccccc2-3)cc(-c2nc(-c3ccccc3)nc(-c3ccccc3)n2)c1. The zero-order valence-electron chi connectivity index (χ0n) is 22.9. The number of fused-ring (bicyclic) bond motifs is 3. The maximum Gasteiger partial charge on any atom is 0.164 e. The van der Waals surface area contributed by atoms with Crippen LogP contribution in [-0.4, -0.2) is 15.0 Å². The van der Waals surface area contributed by atoms with Gasteiger partial charge in [0.1, 0.15) is 0 Å². The van der Waals surface area contributed by atoms with Crippen LogP contribution in [0.3, 0.4) is 0 Å². The highest BCUT2D eigenvalue weighted by molar-refractivity contribution is 5.84. The van der Waals surface area contributed by atoms with Crippen LogP contribution in [0, 0.1) is 6.92 Å². The van der Waals surface area contributed by atoms with Gasteiger partial charge in [-0.25, -0.2) is 15.0 Å². The van der Waals surface area contributed by atoms with Crippen molar-refractivity contribution in [3.8, 4) is 56.4 Å². The van der Waals surface area contributed by atoms with Crippen molar-refractivity contribution in [2.24, 2.45) is 0 Å². The summed E-state index contributed by atoms with van der Waals surface area (Å²) in [6.07, 6.45) is 0. The molecule has 0 saturated heterocycles. The molecule has 0 aliphatic heterocycles. The third-order valence-electron chi connectivity index (χ3n) is 7.95. The first-order valence-electron chi connectivity index (χ1n) is 13.7. The molecule has 1 aliphatic carbocycles. The van der Waals surface area contributed by atoms with E-state index in [0.29, 0.717) is 17.5 Å². The lowest BCUT2D eigenvalue weighted by Crippen LogP contribution is -2.14. The van der Waals surface area contributed by atoms with Crippen LogP contribution in [0.2, 0.25) is 0 Å². The van der Waals surface area contributed by atoms with Gasteiger partial charge in [0.2, 0.25) is 0 Å². The van der Waals surface area contributed by atoms with Crippen LogP contribution in [0.5, 0.6) is 0 Å². The highest BCUT2D eigenvalue weighted by Gasteiger charge is 2.35. The van der Waals surface area contributed by atoms with Crippen molar-refractivity contribution < 1.29 is 0 Å². The molecule has 0 spiro atoms. The molecule has 0 amide bonds. The summed E-state index contributed by atoms with van der Waals surface area (Å²) in [6.45, 7) is 6.78. The molecule has 40 heavy (non-hydrogen) atoms. The van der Waals surface area contributed by atoms with Gasteiger partial charge in [0.25, 0.3) is 0 Å². The fraction of sp³-hybridized carbons (Fsp3) is 0.108. The Morgan fingerprint density at radius 3 is 1.60 bits per heavy atom. The van der Waals surface area contributed by atoms with Gasteiger partial charge < -0.3 is 0 Å². The minimum Gasteiger partial charge on any atom is -0.208 e. The number of nitrogens with zero attached hydrogens (tertiary/aromatic N) is 3. The minimum atomic E-state index is -0.0437. The van der Waals surface area contributed by atoms with Gasteiger partial charge in [-0.1, -0.05) is 117 Å². The minimum absolute atomic E-state index is 0.0437. The lowest BCUT2D eigenvalue weighted by atomic mass is 9.81. The van der Waals surface area contributed by atoms with Crippen LogP contribution in [0.1, 0.15) is 30.5 Å². The molecule has 0 fully saturated rings. The Hall–Kier alpha value is -4.89. The smallest absolute Gasteiger partial charge is 0.164 e. The van der Waals surface area contributed by atoms with E-state index in [-0.39, 0.29) is 5.41 Å². The topological polar surface area (TPSA) is 38.7 Å². The predicted octanol–water partition coefficient (Wildman–Crippen LogP) is 9.15. The van der Waals surface area contributed by atoms with Crippen LogP contribution in [0.25, 0.3) is 56.4 Å². The second-order valence-corrected chi connectivity index (χ2v) is 11.1. The normalized spacial score (nSPS) is 13.1. The number of rotatable bonds is 4. The predicted molar refractivity (Wildman–Crippen MR) is 164 cm³/mol. The number of aryl methyl sites for hydroxylation is 1. The molecule has 7 rings (SSSR count). The second-order valence-electron chi connectivity index (χ2n) is 11.1. The molecule has 0 saturated carbocycles. The van der Waals surface area contributed by atoms with Gasteiger partial charge >= 0.3 is 0 Å². The maximum absolute atomic E-state index is 4.96. The standard InChI is InChI=1S/C37H29N3/c1-24-20-28(27-18-19-31-30-16-10-11-17-32(30)37(2,3)33(31)23-27)22-29(21-24)36-39-34(25-12-6-4-7-13-25)38-35(40-36)26-14-8-5-9-15-26/h4-23H,1-3H3. The van der Waals surface area contributed by atoms with Crippen LogP contribution < -0.4 is 0 Å². The summed E-state index contributed by atoms with van der Waals surface area (Å²) >= 11 is 0. The van der Waals surface area contributed by atoms with Crippen molar-refractivity contribution in [1.82, 2.24) is 15.0 Å². The van der Waals surface area contributed by atoms with E-state index in [0.717, 1.165) is 22.3 Å². The van der Waals surface area contributed by atoms with Crippen molar-refractivity contribution in [2.45, 2.75) is 26.2 Å². The van der Waals surface area contributed by atoms with Crippen LogP contribution >= 0.6 is 0 Å². The van der Waals surface area contributed by atoms with Crippen LogP contribution in [-0.2, 0) is 5.41 Å². The summed E-state index contributed by atoms with van der Waals surface area (Å²) in [7, 11) is 0. The Morgan fingerprint density at radius 2 is 0.950 bits per heavy atom. The average molecular weight is 516 g/mol. The molecule has 5 aromatic carbocycles. The molecule has 0 bridgehead atoms. The van der Waals surface area contributed by atoms with E-state index in [2.05, 4.69) is 81.4 Å². The van der Waals surface area contributed by atoms with Gasteiger partial charge in [0, 0.05) is 22.1 Å². The number of hydrogen-bond donors (Lipinski definition) is 0. The summed E-state index contributed by atoms with van der Waals surface area (Å²) in [5.41, 5.74) is 11.8. The Kier molecular flexibility index (Phi) is 5.67. The fourth-order valence-corrected chi connectivity index (χ4v) is 5.90. The van der Waals surface area contributed by atoms with Gasteiger partial charge in [-0.2, -0.15) is 0 Å². The molecule has 6 aromatic rings. The van der Waals surface area contributed by atoms with E-state index < -0.39 is 0 Å². The van der Waals surface area contributed by atoms with Gasteiger partial charge in [0.15, 0.2) is 17.5 Å². The molecule has 1 heterocycles. The van der Waals surface area contributed by atoms with Gasteiger partial charge in [-0.15, -0.1) is 0 Å². The van der Waals surface area contributed by atoms with Crippen molar-refractivity contribution in [2.75, 3.05) is 0 Å². The molecule has 0 unspecified atom stereocenters. The molecule has 3 nitrogen and oxygen atoms in total. The first-order valence-corrected chi connectivity index (χ1v) is 13.7. The Balaban J connectivity index is 1.36. The summed E-state index contributed by atoms with van der Waals surface area (Å²) in [6, 6.07) is 42.5. The van der Waals surface area contributed by atoms with E-state index in [1.807, 2.05) is 60.7 Å². The van der Waals surface area contributed by atoms with Crippen LogP contribution in [0.15, 0.2) is 121 Å². The Labute approximate surface area is 235 Å². The van der Waals surface area contributed by atoms with Crippen molar-refractivity contribution >= 4 is 0 Å². The molecular weight excluding hydrogens is 486 g/mol. The molecule has 0 atom stereocenters. The van der Waals surface area contributed by atoms with Crippen molar-refractivity contribution in [3.63, 3.8) is 0 Å². The van der Waals surface area contributed by atoms with Crippen molar-refractivity contribution in [1.29, 1.82) is 0 Å². The summed E-state index contributed by atoms with van der Waals surface area (Å²) in [5.74, 6) is 2.01. The molecule has 1 aromatic heterocycles. The van der Waals surface area contributed by atoms with Gasteiger partial charge in [-0.3, -0.25) is 0 Å². The maximum atomic E-state index is 4.96. The number of benzene rings is 5. The van der Waals surface area contributed by atoms with E-state index in [1.165, 1.54) is 33.4 Å². The third-order valence-corrected chi connectivity index (χ3v) is 7.95. The molecule has 1 aliphatic rings. The Bertz CT molecular complexity index is 1810.